The molecule has 10 aromatic rings. The molecule has 0 heterocycles. The van der Waals surface area contributed by atoms with Crippen molar-refractivity contribution in [3.63, 3.8) is 0 Å². The average Bonchev–Trinajstić information content (AvgIpc) is 3.15. The van der Waals surface area contributed by atoms with E-state index >= 15 is 0 Å². The summed E-state index contributed by atoms with van der Waals surface area (Å²) >= 11 is 0. The summed E-state index contributed by atoms with van der Waals surface area (Å²) in [4.78, 5) is 0. The van der Waals surface area contributed by atoms with Gasteiger partial charge in [-0.1, -0.05) is 158 Å². The molecule has 0 atom stereocenters. The molecule has 48 heavy (non-hydrogen) atoms. The van der Waals surface area contributed by atoms with E-state index in [2.05, 4.69) is 182 Å². The zero-order chi connectivity index (χ0) is 31.6. The van der Waals surface area contributed by atoms with Crippen LogP contribution >= 0.6 is 0 Å². The van der Waals surface area contributed by atoms with E-state index in [1.807, 2.05) is 0 Å². The fourth-order valence-corrected chi connectivity index (χ4v) is 8.10. The highest BCUT2D eigenvalue weighted by atomic mass is 14.3. The van der Waals surface area contributed by atoms with E-state index < -0.39 is 0 Å². The Morgan fingerprint density at radius 2 is 0.438 bits per heavy atom. The summed E-state index contributed by atoms with van der Waals surface area (Å²) in [5.41, 5.74) is 7.64. The van der Waals surface area contributed by atoms with Crippen molar-refractivity contribution >= 4 is 64.6 Å². The van der Waals surface area contributed by atoms with Gasteiger partial charge in [-0.25, -0.2) is 0 Å². The number of fused-ring (bicyclic) bond motifs is 6. The van der Waals surface area contributed by atoms with Crippen LogP contribution in [0.15, 0.2) is 182 Å². The summed E-state index contributed by atoms with van der Waals surface area (Å²) in [6, 6.07) is 67.2. The minimum Gasteiger partial charge on any atom is -0.0622 e. The van der Waals surface area contributed by atoms with Gasteiger partial charge in [0.05, 0.1) is 0 Å². The largest absolute Gasteiger partial charge is 0.0622 e. The van der Waals surface area contributed by atoms with Crippen LogP contribution in [0.5, 0.6) is 0 Å². The van der Waals surface area contributed by atoms with E-state index in [0.717, 1.165) is 0 Å². The molecule has 0 radical (unpaired) electrons. The van der Waals surface area contributed by atoms with Crippen LogP contribution in [0.1, 0.15) is 0 Å². The lowest BCUT2D eigenvalue weighted by atomic mass is 9.80. The van der Waals surface area contributed by atoms with Crippen LogP contribution in [-0.4, -0.2) is 0 Å². The van der Waals surface area contributed by atoms with Crippen LogP contribution in [-0.2, 0) is 0 Å². The molecule has 222 valence electrons. The van der Waals surface area contributed by atoms with Gasteiger partial charge < -0.3 is 0 Å². The summed E-state index contributed by atoms with van der Waals surface area (Å²) in [6.45, 7) is 0. The van der Waals surface area contributed by atoms with Crippen LogP contribution in [0.4, 0.5) is 0 Å². The minimum atomic E-state index is 1.24. The van der Waals surface area contributed by atoms with Gasteiger partial charge in [0, 0.05) is 0 Å². The number of hydrogen-bond donors (Lipinski definition) is 0. The van der Waals surface area contributed by atoms with Crippen LogP contribution in [0.25, 0.3) is 98.0 Å². The predicted octanol–water partition coefficient (Wildman–Crippen LogP) is 13.6. The van der Waals surface area contributed by atoms with Gasteiger partial charge in [-0.05, 0) is 122 Å². The van der Waals surface area contributed by atoms with Gasteiger partial charge in [-0.15, -0.1) is 0 Å². The Kier molecular flexibility index (Phi) is 5.98. The van der Waals surface area contributed by atoms with Crippen LogP contribution < -0.4 is 0 Å². The first-order chi connectivity index (χ1) is 23.8. The van der Waals surface area contributed by atoms with Crippen LogP contribution in [0.3, 0.4) is 0 Å². The topological polar surface area (TPSA) is 0 Å². The molecule has 0 aliphatic heterocycles. The first-order valence-electron chi connectivity index (χ1n) is 16.7. The molecule has 0 saturated heterocycles. The van der Waals surface area contributed by atoms with Gasteiger partial charge in [-0.3, -0.25) is 0 Å². The number of hydrogen-bond acceptors (Lipinski definition) is 0. The Hall–Kier alpha value is -6.24. The van der Waals surface area contributed by atoms with E-state index in [1.54, 1.807) is 0 Å². The molecule has 0 aromatic heterocycles. The summed E-state index contributed by atoms with van der Waals surface area (Å²) in [5.74, 6) is 0. The summed E-state index contributed by atoms with van der Waals surface area (Å²) in [6.07, 6.45) is 0. The molecule has 0 bridgehead atoms. The maximum absolute atomic E-state index is 2.44. The van der Waals surface area contributed by atoms with E-state index in [0.29, 0.717) is 0 Å². The number of benzene rings is 10. The average molecular weight is 607 g/mol. The van der Waals surface area contributed by atoms with Crippen LogP contribution in [0, 0.1) is 0 Å². The van der Waals surface area contributed by atoms with Crippen molar-refractivity contribution in [2.75, 3.05) is 0 Å². The van der Waals surface area contributed by atoms with Crippen molar-refractivity contribution in [2.45, 2.75) is 0 Å². The van der Waals surface area contributed by atoms with Gasteiger partial charge in [0.15, 0.2) is 0 Å². The van der Waals surface area contributed by atoms with E-state index in [-0.39, 0.29) is 0 Å². The molecule has 0 aliphatic rings. The lowest BCUT2D eigenvalue weighted by molar-refractivity contribution is 1.67. The Morgan fingerprint density at radius 1 is 0.188 bits per heavy atom. The second-order valence-electron chi connectivity index (χ2n) is 12.8. The van der Waals surface area contributed by atoms with Crippen molar-refractivity contribution in [2.24, 2.45) is 0 Å². The maximum atomic E-state index is 2.44. The fraction of sp³-hybridized carbons (Fsp3) is 0. The van der Waals surface area contributed by atoms with Gasteiger partial charge in [0.2, 0.25) is 0 Å². The molecule has 0 N–H and O–H groups in total. The third-order valence-electron chi connectivity index (χ3n) is 10.2. The second kappa shape index (κ2) is 10.7. The van der Waals surface area contributed by atoms with Gasteiger partial charge in [0.25, 0.3) is 0 Å². The lowest BCUT2D eigenvalue weighted by Crippen LogP contribution is -1.95. The zero-order valence-corrected chi connectivity index (χ0v) is 26.3. The molecule has 0 fully saturated rings. The third kappa shape index (κ3) is 4.03. The highest BCUT2D eigenvalue weighted by Gasteiger charge is 2.23. The minimum absolute atomic E-state index is 1.24. The molecule has 0 spiro atoms. The van der Waals surface area contributed by atoms with Crippen LogP contribution in [0.2, 0.25) is 0 Å². The molecule has 10 rings (SSSR count). The lowest BCUT2D eigenvalue weighted by Gasteiger charge is -2.23. The zero-order valence-electron chi connectivity index (χ0n) is 26.3. The smallest absolute Gasteiger partial charge is 0.00137 e. The first kappa shape index (κ1) is 26.9. The first-order valence-corrected chi connectivity index (χ1v) is 16.7. The Bertz CT molecular complexity index is 2660. The van der Waals surface area contributed by atoms with E-state index in [9.17, 15) is 0 Å². The maximum Gasteiger partial charge on any atom is -0.00137 e. The highest BCUT2D eigenvalue weighted by molar-refractivity contribution is 6.31. The second-order valence-corrected chi connectivity index (χ2v) is 12.8. The molecule has 0 unspecified atom stereocenters. The summed E-state index contributed by atoms with van der Waals surface area (Å²) in [5, 5.41) is 15.2. The molecule has 10 aromatic carbocycles. The standard InChI is InChI=1S/C48H30/c1-3-15-31(16-4-1)45-37-23-11-13-25-39(37)47(43-29-35-21-9-7-19-33(35)27-41(43)45)48-40-26-14-12-24-38(40)46(32-17-5-2-6-18-32)42-28-34-20-8-10-22-36(34)30-44(42)48/h1-30H. The molecule has 0 saturated carbocycles. The van der Waals surface area contributed by atoms with Crippen molar-refractivity contribution in [1.82, 2.24) is 0 Å². The Balaban J connectivity index is 1.49. The third-order valence-corrected chi connectivity index (χ3v) is 10.2. The molecule has 0 amide bonds. The highest BCUT2D eigenvalue weighted by Crippen LogP contribution is 2.51. The summed E-state index contributed by atoms with van der Waals surface area (Å²) in [7, 11) is 0. The molecule has 0 nitrogen and oxygen atoms in total. The fourth-order valence-electron chi connectivity index (χ4n) is 8.10. The SMILES string of the molecule is c1ccc(-c2c3ccccc3c(-c3c4ccccc4c(-c4ccccc4)c4cc5ccccc5cc34)c3cc4ccccc4cc23)cc1. The summed E-state index contributed by atoms with van der Waals surface area (Å²) < 4.78 is 0. The van der Waals surface area contributed by atoms with Crippen molar-refractivity contribution in [3.05, 3.63) is 182 Å². The Morgan fingerprint density at radius 3 is 0.771 bits per heavy atom. The Labute approximate surface area is 279 Å². The molecular formula is C48H30. The van der Waals surface area contributed by atoms with Gasteiger partial charge in [0.1, 0.15) is 0 Å². The molecule has 0 aliphatic carbocycles. The van der Waals surface area contributed by atoms with Crippen molar-refractivity contribution in [1.29, 1.82) is 0 Å². The van der Waals surface area contributed by atoms with Gasteiger partial charge >= 0.3 is 0 Å². The molecular weight excluding hydrogens is 577 g/mol. The normalized spacial score (nSPS) is 11.8. The number of rotatable bonds is 3. The van der Waals surface area contributed by atoms with Crippen molar-refractivity contribution < 1.29 is 0 Å². The quantitative estimate of drug-likeness (QED) is 0.176. The van der Waals surface area contributed by atoms with Crippen molar-refractivity contribution in [3.8, 4) is 33.4 Å². The predicted molar refractivity (Wildman–Crippen MR) is 208 cm³/mol. The monoisotopic (exact) mass is 606 g/mol. The van der Waals surface area contributed by atoms with Gasteiger partial charge in [-0.2, -0.15) is 0 Å². The van der Waals surface area contributed by atoms with E-state index in [4.69, 9.17) is 0 Å². The van der Waals surface area contributed by atoms with E-state index in [1.165, 1.54) is 98.0 Å². The molecule has 0 heteroatoms.